The fourth-order valence-electron chi connectivity index (χ4n) is 5.44. The molecule has 1 saturated carbocycles. The van der Waals surface area contributed by atoms with Gasteiger partial charge in [-0.2, -0.15) is 0 Å². The summed E-state index contributed by atoms with van der Waals surface area (Å²) < 4.78 is 0. The molecule has 0 heterocycles. The molecule has 0 radical (unpaired) electrons. The molecule has 3 aromatic rings. The Kier molecular flexibility index (Phi) is 6.54. The lowest BCUT2D eigenvalue weighted by atomic mass is 9.77. The molecular weight excluding hydrogens is 450 g/mol. The van der Waals surface area contributed by atoms with Crippen LogP contribution in [0.3, 0.4) is 0 Å². The van der Waals surface area contributed by atoms with Gasteiger partial charge in [0, 0.05) is 23.6 Å². The second kappa shape index (κ2) is 9.78. The Morgan fingerprint density at radius 3 is 2.33 bits per heavy atom. The first kappa shape index (κ1) is 24.1. The molecule has 1 atom stereocenters. The van der Waals surface area contributed by atoms with Gasteiger partial charge in [-0.3, -0.25) is 4.79 Å². The molecule has 3 aromatic carbocycles. The molecule has 6 heteroatoms. The predicted molar refractivity (Wildman–Crippen MR) is 141 cm³/mol. The number of nitrogens with one attached hydrogen (secondary N) is 1. The number of aliphatic hydroxyl groups is 1. The van der Waals surface area contributed by atoms with E-state index < -0.39 is 0 Å². The molecule has 5 rings (SSSR count). The molecule has 4 N–H and O–H groups in total. The number of hydrogen-bond donors (Lipinski definition) is 3. The Morgan fingerprint density at radius 1 is 1.03 bits per heavy atom. The van der Waals surface area contributed by atoms with Gasteiger partial charge in [0.15, 0.2) is 5.84 Å². The van der Waals surface area contributed by atoms with E-state index in [2.05, 4.69) is 28.7 Å². The number of nitrogens with two attached hydrogens (primary N) is 1. The highest BCUT2D eigenvalue weighted by Crippen LogP contribution is 2.43. The highest BCUT2D eigenvalue weighted by atomic mass is 16.6. The zero-order valence-electron chi connectivity index (χ0n) is 21.1. The van der Waals surface area contributed by atoms with Crippen molar-refractivity contribution in [2.75, 3.05) is 13.7 Å². The summed E-state index contributed by atoms with van der Waals surface area (Å²) >= 11 is 0. The third-order valence-corrected chi connectivity index (χ3v) is 7.54. The molecule has 36 heavy (non-hydrogen) atoms. The largest absolute Gasteiger partial charge is 0.397 e. The average molecular weight is 484 g/mol. The highest BCUT2D eigenvalue weighted by Gasteiger charge is 2.29. The summed E-state index contributed by atoms with van der Waals surface area (Å²) in [7, 11) is 1.46. The van der Waals surface area contributed by atoms with Crippen LogP contribution >= 0.6 is 0 Å². The topological polar surface area (TPSA) is 96.9 Å². The van der Waals surface area contributed by atoms with Crippen molar-refractivity contribution >= 4 is 11.7 Å². The van der Waals surface area contributed by atoms with Gasteiger partial charge in [0.25, 0.3) is 5.91 Å². The summed E-state index contributed by atoms with van der Waals surface area (Å²) in [6, 6.07) is 16.5. The molecule has 1 fully saturated rings. The van der Waals surface area contributed by atoms with Crippen LogP contribution in [0.2, 0.25) is 0 Å². The molecule has 2 aliphatic carbocycles. The molecule has 6 nitrogen and oxygen atoms in total. The van der Waals surface area contributed by atoms with E-state index in [1.54, 1.807) is 0 Å². The van der Waals surface area contributed by atoms with Gasteiger partial charge in [0.1, 0.15) is 7.11 Å². The maximum Gasteiger partial charge on any atom is 0.251 e. The maximum absolute atomic E-state index is 13.1. The van der Waals surface area contributed by atoms with Gasteiger partial charge in [0.05, 0.1) is 6.61 Å². The summed E-state index contributed by atoms with van der Waals surface area (Å²) in [6.45, 7) is 4.48. The molecule has 186 valence electrons. The molecule has 1 amide bonds. The van der Waals surface area contributed by atoms with Crippen molar-refractivity contribution in [3.05, 3.63) is 104 Å². The number of oxime groups is 1. The van der Waals surface area contributed by atoms with E-state index in [-0.39, 0.29) is 18.4 Å². The van der Waals surface area contributed by atoms with Gasteiger partial charge >= 0.3 is 0 Å². The SMILES string of the molecule is CON=C(N)c1cc(C)c(CNC(=O)c2ccc3c(c2)Cc2cc(C4CC4)ccc2[C@@H]3CO)c(C)c1. The summed E-state index contributed by atoms with van der Waals surface area (Å²) in [5.74, 6) is 0.845. The van der Waals surface area contributed by atoms with Gasteiger partial charge < -0.3 is 21.0 Å². The third-order valence-electron chi connectivity index (χ3n) is 7.54. The van der Waals surface area contributed by atoms with E-state index in [0.717, 1.165) is 39.8 Å². The Bertz CT molecular complexity index is 1330. The molecule has 0 bridgehead atoms. The van der Waals surface area contributed by atoms with Crippen LogP contribution in [0.4, 0.5) is 0 Å². The predicted octanol–water partition coefficient (Wildman–Crippen LogP) is 4.41. The van der Waals surface area contributed by atoms with Crippen LogP contribution in [0.25, 0.3) is 0 Å². The van der Waals surface area contributed by atoms with Crippen LogP contribution in [0.5, 0.6) is 0 Å². The number of aliphatic hydroxyl groups excluding tert-OH is 1. The zero-order chi connectivity index (χ0) is 25.4. The quantitative estimate of drug-likeness (QED) is 0.264. The van der Waals surface area contributed by atoms with Gasteiger partial charge in [0.2, 0.25) is 0 Å². The van der Waals surface area contributed by atoms with Gasteiger partial charge in [-0.1, -0.05) is 29.4 Å². The second-order valence-corrected chi connectivity index (χ2v) is 9.99. The van der Waals surface area contributed by atoms with Gasteiger partial charge in [-0.15, -0.1) is 0 Å². The molecule has 0 saturated heterocycles. The Labute approximate surface area is 212 Å². The van der Waals surface area contributed by atoms with Crippen molar-refractivity contribution in [2.45, 2.75) is 51.5 Å². The number of carbonyl (C=O) groups excluding carboxylic acids is 1. The monoisotopic (exact) mass is 483 g/mol. The molecule has 2 aliphatic rings. The smallest absolute Gasteiger partial charge is 0.251 e. The lowest BCUT2D eigenvalue weighted by molar-refractivity contribution is 0.0950. The lowest BCUT2D eigenvalue weighted by Gasteiger charge is -2.28. The summed E-state index contributed by atoms with van der Waals surface area (Å²) in [4.78, 5) is 17.9. The molecule has 0 aliphatic heterocycles. The highest BCUT2D eigenvalue weighted by molar-refractivity contribution is 5.97. The van der Waals surface area contributed by atoms with Crippen molar-refractivity contribution in [3.8, 4) is 0 Å². The molecule has 0 aromatic heterocycles. The van der Waals surface area contributed by atoms with Crippen LogP contribution in [0, 0.1) is 13.8 Å². The zero-order valence-corrected chi connectivity index (χ0v) is 21.1. The second-order valence-electron chi connectivity index (χ2n) is 9.99. The minimum absolute atomic E-state index is 0.0491. The van der Waals surface area contributed by atoms with Crippen molar-refractivity contribution < 1.29 is 14.7 Å². The standard InChI is InChI=1S/C30H33N3O3/c1-17-10-24(29(31)33-36-3)11-18(2)27(17)15-32-30(35)21-7-9-26-23(13-21)14-22-12-20(19-4-5-19)6-8-25(22)28(26)16-34/h6-13,19,28,34H,4-5,14-16H2,1-3H3,(H2,31,33)(H,32,35)/t28-/m0/s1. The lowest BCUT2D eigenvalue weighted by Crippen LogP contribution is -2.25. The number of nitrogens with zero attached hydrogens (tertiary/aromatic N) is 1. The minimum atomic E-state index is -0.112. The van der Waals surface area contributed by atoms with Gasteiger partial charge in [-0.25, -0.2) is 0 Å². The van der Waals surface area contributed by atoms with Crippen molar-refractivity contribution in [2.24, 2.45) is 10.9 Å². The number of amidine groups is 1. The third kappa shape index (κ3) is 4.61. The number of fused-ring (bicyclic) bond motifs is 2. The molecule has 0 spiro atoms. The normalized spacial score (nSPS) is 16.8. The van der Waals surface area contributed by atoms with E-state index in [9.17, 15) is 9.90 Å². The van der Waals surface area contributed by atoms with E-state index in [1.807, 2.05) is 44.2 Å². The van der Waals surface area contributed by atoms with Crippen molar-refractivity contribution in [3.63, 3.8) is 0 Å². The van der Waals surface area contributed by atoms with E-state index in [4.69, 9.17) is 10.6 Å². The van der Waals surface area contributed by atoms with Gasteiger partial charge in [-0.05, 0) is 108 Å². The van der Waals surface area contributed by atoms with Crippen molar-refractivity contribution in [1.82, 2.24) is 5.32 Å². The van der Waals surface area contributed by atoms with Crippen LogP contribution in [0.15, 0.2) is 53.7 Å². The number of aryl methyl sites for hydroxylation is 2. The fourth-order valence-corrected chi connectivity index (χ4v) is 5.44. The maximum atomic E-state index is 13.1. The first-order valence-corrected chi connectivity index (χ1v) is 12.5. The van der Waals surface area contributed by atoms with E-state index in [1.165, 1.54) is 36.6 Å². The number of rotatable bonds is 7. The molecular formula is C30H33N3O3. The number of amides is 1. The Hall–Kier alpha value is -3.64. The van der Waals surface area contributed by atoms with Crippen LogP contribution in [-0.4, -0.2) is 30.6 Å². The number of benzene rings is 3. The summed E-state index contributed by atoms with van der Waals surface area (Å²) in [6.07, 6.45) is 3.31. The van der Waals surface area contributed by atoms with Crippen LogP contribution in [0.1, 0.15) is 85.1 Å². The number of carbonyl (C=O) groups is 1. The average Bonchev–Trinajstić information content (AvgIpc) is 3.71. The first-order valence-electron chi connectivity index (χ1n) is 12.5. The summed E-state index contributed by atoms with van der Waals surface area (Å²) in [5.41, 5.74) is 16.6. The minimum Gasteiger partial charge on any atom is -0.397 e. The van der Waals surface area contributed by atoms with Crippen molar-refractivity contribution in [1.29, 1.82) is 0 Å². The first-order chi connectivity index (χ1) is 17.4. The summed E-state index contributed by atoms with van der Waals surface area (Å²) in [5, 5.41) is 17.1. The number of hydrogen-bond acceptors (Lipinski definition) is 4. The fraction of sp³-hybridized carbons (Fsp3) is 0.333. The van der Waals surface area contributed by atoms with E-state index >= 15 is 0 Å². The van der Waals surface area contributed by atoms with E-state index in [0.29, 0.717) is 23.9 Å². The Balaban J connectivity index is 1.34. The Morgan fingerprint density at radius 2 is 1.69 bits per heavy atom. The van der Waals surface area contributed by atoms with Crippen LogP contribution in [-0.2, 0) is 17.8 Å². The van der Waals surface area contributed by atoms with Crippen LogP contribution < -0.4 is 11.1 Å². The molecule has 0 unspecified atom stereocenters.